The molecule has 1 aliphatic heterocycles. The number of ether oxygens (including phenoxy) is 2. The van der Waals surface area contributed by atoms with Gasteiger partial charge in [-0.2, -0.15) is 9.65 Å². The molecule has 1 aromatic heterocycles. The van der Waals surface area contributed by atoms with E-state index in [-0.39, 0.29) is 11.3 Å². The molecule has 4 nitrogen and oxygen atoms in total. The lowest BCUT2D eigenvalue weighted by molar-refractivity contribution is -0.0469. The summed E-state index contributed by atoms with van der Waals surface area (Å²) in [6.07, 6.45) is -0.685. The molecule has 0 aliphatic carbocycles. The summed E-state index contributed by atoms with van der Waals surface area (Å²) in [7, 11) is 0. The zero-order chi connectivity index (χ0) is 9.97. The molecular weight excluding hydrogens is 187 g/mol. The van der Waals surface area contributed by atoms with E-state index in [0.29, 0.717) is 13.2 Å². The van der Waals surface area contributed by atoms with Gasteiger partial charge in [0.2, 0.25) is 5.95 Å². The van der Waals surface area contributed by atoms with Crippen LogP contribution in [-0.2, 0) is 9.47 Å². The second-order valence-corrected chi connectivity index (χ2v) is 2.76. The van der Waals surface area contributed by atoms with E-state index < -0.39 is 12.2 Å². The predicted octanol–water partition coefficient (Wildman–Crippen LogP) is 1.14. The van der Waals surface area contributed by atoms with Crippen molar-refractivity contribution in [2.24, 2.45) is 0 Å². The second-order valence-electron chi connectivity index (χ2n) is 2.76. The predicted molar refractivity (Wildman–Crippen MR) is 43.6 cm³/mol. The van der Waals surface area contributed by atoms with Crippen LogP contribution in [-0.4, -0.2) is 18.2 Å². The topological polar surface area (TPSA) is 55.1 Å². The van der Waals surface area contributed by atoms with Crippen LogP contribution in [0.5, 0.6) is 0 Å². The first-order valence-corrected chi connectivity index (χ1v) is 4.11. The van der Waals surface area contributed by atoms with E-state index in [2.05, 4.69) is 4.98 Å². The van der Waals surface area contributed by atoms with E-state index in [1.54, 1.807) is 6.07 Å². The van der Waals surface area contributed by atoms with Gasteiger partial charge >= 0.3 is 0 Å². The Bertz CT molecular complexity index is 383. The minimum Gasteiger partial charge on any atom is -0.346 e. The zero-order valence-electron chi connectivity index (χ0n) is 7.24. The van der Waals surface area contributed by atoms with Crippen molar-refractivity contribution >= 4 is 0 Å². The van der Waals surface area contributed by atoms with Crippen LogP contribution in [0.3, 0.4) is 0 Å². The molecule has 2 rings (SSSR count). The monoisotopic (exact) mass is 194 g/mol. The van der Waals surface area contributed by atoms with Crippen molar-refractivity contribution in [3.63, 3.8) is 0 Å². The van der Waals surface area contributed by atoms with Gasteiger partial charge in [0.05, 0.1) is 18.8 Å². The third-order valence-electron chi connectivity index (χ3n) is 1.87. The fraction of sp³-hybridized carbons (Fsp3) is 0.333. The van der Waals surface area contributed by atoms with E-state index in [9.17, 15) is 4.39 Å². The summed E-state index contributed by atoms with van der Waals surface area (Å²) >= 11 is 0. The van der Waals surface area contributed by atoms with Crippen molar-refractivity contribution in [3.05, 3.63) is 29.3 Å². The summed E-state index contributed by atoms with van der Waals surface area (Å²) in [5.74, 6) is -0.712. The van der Waals surface area contributed by atoms with Crippen molar-refractivity contribution in [2.75, 3.05) is 13.2 Å². The number of halogens is 1. The number of rotatable bonds is 1. The lowest BCUT2D eigenvalue weighted by atomic mass is 10.2. The molecule has 1 saturated heterocycles. The number of nitrogens with zero attached hydrogens (tertiary/aromatic N) is 2. The number of nitriles is 1. The quantitative estimate of drug-likeness (QED) is 0.629. The Balaban J connectivity index is 2.30. The van der Waals surface area contributed by atoms with Crippen LogP contribution in [0.25, 0.3) is 0 Å². The molecule has 1 aliphatic rings. The summed E-state index contributed by atoms with van der Waals surface area (Å²) < 4.78 is 23.5. The van der Waals surface area contributed by atoms with Gasteiger partial charge in [0, 0.05) is 0 Å². The molecule has 0 aromatic carbocycles. The Labute approximate surface area is 79.9 Å². The van der Waals surface area contributed by atoms with Gasteiger partial charge in [-0.1, -0.05) is 0 Å². The van der Waals surface area contributed by atoms with Gasteiger partial charge in [0.25, 0.3) is 0 Å². The molecule has 0 spiro atoms. The minimum absolute atomic E-state index is 0.0456. The molecule has 0 amide bonds. The summed E-state index contributed by atoms with van der Waals surface area (Å²) in [4.78, 5) is 3.45. The number of pyridine rings is 1. The Morgan fingerprint density at radius 1 is 1.43 bits per heavy atom. The van der Waals surface area contributed by atoms with Crippen LogP contribution < -0.4 is 0 Å². The van der Waals surface area contributed by atoms with Gasteiger partial charge in [-0.05, 0) is 12.1 Å². The van der Waals surface area contributed by atoms with Crippen LogP contribution in [0.1, 0.15) is 17.5 Å². The van der Waals surface area contributed by atoms with Crippen LogP contribution in [0.4, 0.5) is 4.39 Å². The Kier molecular flexibility index (Phi) is 2.39. The Morgan fingerprint density at radius 2 is 2.14 bits per heavy atom. The van der Waals surface area contributed by atoms with E-state index in [1.165, 1.54) is 12.1 Å². The number of hydrogen-bond donors (Lipinski definition) is 0. The fourth-order valence-electron chi connectivity index (χ4n) is 1.22. The van der Waals surface area contributed by atoms with E-state index in [0.717, 1.165) is 0 Å². The van der Waals surface area contributed by atoms with Gasteiger partial charge in [-0.15, -0.1) is 0 Å². The van der Waals surface area contributed by atoms with Gasteiger partial charge in [0.1, 0.15) is 11.8 Å². The third-order valence-corrected chi connectivity index (χ3v) is 1.87. The molecule has 0 radical (unpaired) electrons. The highest BCUT2D eigenvalue weighted by Crippen LogP contribution is 2.24. The highest BCUT2D eigenvalue weighted by atomic mass is 19.1. The molecule has 1 aromatic rings. The molecule has 0 atom stereocenters. The molecule has 72 valence electrons. The van der Waals surface area contributed by atoms with Gasteiger partial charge in [-0.3, -0.25) is 0 Å². The molecule has 0 N–H and O–H groups in total. The van der Waals surface area contributed by atoms with Crippen molar-refractivity contribution in [3.8, 4) is 6.07 Å². The highest BCUT2D eigenvalue weighted by Gasteiger charge is 2.22. The zero-order valence-corrected chi connectivity index (χ0v) is 7.24. The molecular formula is C9H7FN2O2. The Hall–Kier alpha value is -1.51. The summed E-state index contributed by atoms with van der Waals surface area (Å²) in [6.45, 7) is 0.897. The van der Waals surface area contributed by atoms with E-state index in [4.69, 9.17) is 14.7 Å². The van der Waals surface area contributed by atoms with Crippen LogP contribution in [0.15, 0.2) is 12.1 Å². The molecule has 14 heavy (non-hydrogen) atoms. The maximum Gasteiger partial charge on any atom is 0.222 e. The molecule has 5 heteroatoms. The second kappa shape index (κ2) is 3.70. The van der Waals surface area contributed by atoms with Crippen molar-refractivity contribution in [2.45, 2.75) is 6.29 Å². The lowest BCUT2D eigenvalue weighted by Crippen LogP contribution is -2.04. The van der Waals surface area contributed by atoms with Gasteiger partial charge in [-0.25, -0.2) is 4.98 Å². The number of hydrogen-bond acceptors (Lipinski definition) is 4. The van der Waals surface area contributed by atoms with Crippen molar-refractivity contribution in [1.29, 1.82) is 5.26 Å². The summed E-state index contributed by atoms with van der Waals surface area (Å²) in [5.41, 5.74) is 0.283. The molecule has 0 unspecified atom stereocenters. The van der Waals surface area contributed by atoms with Crippen molar-refractivity contribution in [1.82, 2.24) is 4.98 Å². The molecule has 2 heterocycles. The largest absolute Gasteiger partial charge is 0.346 e. The molecule has 0 bridgehead atoms. The summed E-state index contributed by atoms with van der Waals surface area (Å²) in [6, 6.07) is 4.64. The SMILES string of the molecule is N#Cc1ccc(C2OCCO2)c(F)n1. The molecule has 1 fully saturated rings. The first kappa shape index (κ1) is 9.06. The average Bonchev–Trinajstić information content (AvgIpc) is 2.70. The van der Waals surface area contributed by atoms with Gasteiger partial charge < -0.3 is 9.47 Å². The first-order valence-electron chi connectivity index (χ1n) is 4.11. The van der Waals surface area contributed by atoms with E-state index in [1.807, 2.05) is 0 Å². The summed E-state index contributed by atoms with van der Waals surface area (Å²) in [5, 5.41) is 8.48. The highest BCUT2D eigenvalue weighted by molar-refractivity contribution is 5.24. The maximum absolute atomic E-state index is 13.3. The van der Waals surface area contributed by atoms with Crippen LogP contribution >= 0.6 is 0 Å². The number of aromatic nitrogens is 1. The third kappa shape index (κ3) is 1.58. The maximum atomic E-state index is 13.3. The fourth-order valence-corrected chi connectivity index (χ4v) is 1.22. The van der Waals surface area contributed by atoms with Crippen LogP contribution in [0, 0.1) is 17.3 Å². The average molecular weight is 194 g/mol. The van der Waals surface area contributed by atoms with Crippen LogP contribution in [0.2, 0.25) is 0 Å². The molecule has 0 saturated carbocycles. The lowest BCUT2D eigenvalue weighted by Gasteiger charge is -2.08. The minimum atomic E-state index is -0.712. The van der Waals surface area contributed by atoms with Crippen molar-refractivity contribution < 1.29 is 13.9 Å². The van der Waals surface area contributed by atoms with E-state index >= 15 is 0 Å². The normalized spacial score (nSPS) is 16.9. The standard InChI is InChI=1S/C9H7FN2O2/c10-8-7(9-13-3-4-14-9)2-1-6(5-11)12-8/h1-2,9H,3-4H2. The Morgan fingerprint density at radius 3 is 2.71 bits per heavy atom. The first-order chi connectivity index (χ1) is 6.81. The van der Waals surface area contributed by atoms with Gasteiger partial charge in [0.15, 0.2) is 6.29 Å². The smallest absolute Gasteiger partial charge is 0.222 e.